The van der Waals surface area contributed by atoms with E-state index in [1.165, 1.54) is 30.3 Å². The van der Waals surface area contributed by atoms with Crippen LogP contribution in [0.3, 0.4) is 0 Å². The Balaban J connectivity index is 0.00000312. The molecular weight excluding hydrogens is 718 g/mol. The van der Waals surface area contributed by atoms with Crippen LogP contribution < -0.4 is 41.0 Å². The zero-order valence-electron chi connectivity index (χ0n) is 12.6. The molecule has 0 atom stereocenters. The van der Waals surface area contributed by atoms with E-state index in [2.05, 4.69) is 4.13 Å². The summed E-state index contributed by atoms with van der Waals surface area (Å²) in [4.78, 5) is -0.483. The van der Waals surface area contributed by atoms with Crippen molar-refractivity contribution in [3.63, 3.8) is 0 Å². The van der Waals surface area contributed by atoms with Gasteiger partial charge in [0.05, 0.1) is 15.5 Å². The molecule has 0 fully saturated rings. The van der Waals surface area contributed by atoms with Crippen molar-refractivity contribution in [3.8, 4) is 0 Å². The standard InChI is InChI=1S/C12H9I3N3O4S2.Na/c13-8-3-6(1-2-11(8)16)23(19,20)18-24(21,22)7-4-9(14)12(17)10(15)5-7;/h1-5H,16-17H2;/q-1;+1. The van der Waals surface area contributed by atoms with Gasteiger partial charge in [0.15, 0.2) is 0 Å². The van der Waals surface area contributed by atoms with Crippen LogP contribution in [-0.4, -0.2) is 16.8 Å². The maximum Gasteiger partial charge on any atom is 1.00 e. The van der Waals surface area contributed by atoms with Crippen LogP contribution in [0.1, 0.15) is 0 Å². The Kier molecular flexibility index (Phi) is 8.74. The van der Waals surface area contributed by atoms with Gasteiger partial charge in [-0.15, -0.1) is 0 Å². The third kappa shape index (κ3) is 5.78. The fourth-order valence-electron chi connectivity index (χ4n) is 1.59. The van der Waals surface area contributed by atoms with Gasteiger partial charge in [0.25, 0.3) is 0 Å². The van der Waals surface area contributed by atoms with Crippen LogP contribution >= 0.6 is 67.8 Å². The van der Waals surface area contributed by atoms with Crippen molar-refractivity contribution in [2.45, 2.75) is 9.79 Å². The van der Waals surface area contributed by atoms with Gasteiger partial charge in [0.2, 0.25) is 0 Å². The fourth-order valence-corrected chi connectivity index (χ4v) is 7.27. The Hall–Kier alpha value is 1.09. The third-order valence-corrected chi connectivity index (χ3v) is 8.79. The van der Waals surface area contributed by atoms with Gasteiger partial charge in [0.1, 0.15) is 20.0 Å². The molecule has 0 bridgehead atoms. The Morgan fingerprint density at radius 2 is 1.20 bits per heavy atom. The molecule has 0 aliphatic heterocycles. The van der Waals surface area contributed by atoms with E-state index in [4.69, 9.17) is 11.5 Å². The average molecular weight is 727 g/mol. The van der Waals surface area contributed by atoms with Gasteiger partial charge < -0.3 is 15.6 Å². The normalized spacial score (nSPS) is 11.8. The second kappa shape index (κ2) is 9.06. The molecule has 0 saturated heterocycles. The number of nitrogens with two attached hydrogens (primary N) is 2. The molecule has 2 rings (SSSR count). The summed E-state index contributed by atoms with van der Waals surface area (Å²) < 4.78 is 53.9. The summed E-state index contributed by atoms with van der Waals surface area (Å²) in [5.74, 6) is 0. The van der Waals surface area contributed by atoms with E-state index >= 15 is 0 Å². The van der Waals surface area contributed by atoms with Crippen LogP contribution in [0.2, 0.25) is 0 Å². The van der Waals surface area contributed by atoms with Gasteiger partial charge in [-0.3, -0.25) is 0 Å². The predicted octanol–water partition coefficient (Wildman–Crippen LogP) is 0.120. The molecule has 0 unspecified atom stereocenters. The van der Waals surface area contributed by atoms with E-state index in [0.29, 0.717) is 22.1 Å². The van der Waals surface area contributed by atoms with Crippen molar-refractivity contribution in [1.82, 2.24) is 0 Å². The van der Waals surface area contributed by atoms with Crippen molar-refractivity contribution < 1.29 is 46.4 Å². The Morgan fingerprint density at radius 1 is 0.760 bits per heavy atom. The molecule has 2 aromatic rings. The topological polar surface area (TPSA) is 134 Å². The Bertz CT molecular complexity index is 1010. The molecule has 13 heteroatoms. The van der Waals surface area contributed by atoms with Crippen LogP contribution in [-0.2, 0) is 20.0 Å². The molecule has 0 amide bonds. The van der Waals surface area contributed by atoms with E-state index in [-0.39, 0.29) is 39.3 Å². The molecule has 25 heavy (non-hydrogen) atoms. The molecule has 0 aliphatic carbocycles. The van der Waals surface area contributed by atoms with Gasteiger partial charge >= 0.3 is 29.6 Å². The number of rotatable bonds is 4. The zero-order valence-corrected chi connectivity index (χ0v) is 22.7. The largest absolute Gasteiger partial charge is 1.00 e. The van der Waals surface area contributed by atoms with Crippen LogP contribution in [0.5, 0.6) is 0 Å². The number of nitrogen functional groups attached to an aromatic ring is 2. The number of halogens is 3. The summed E-state index contributed by atoms with van der Waals surface area (Å²) in [7, 11) is -8.81. The molecule has 0 aliphatic rings. The third-order valence-electron chi connectivity index (χ3n) is 2.82. The minimum Gasteiger partial charge on any atom is -0.428 e. The van der Waals surface area contributed by atoms with Crippen molar-refractivity contribution in [2.75, 3.05) is 11.5 Å². The summed E-state index contributed by atoms with van der Waals surface area (Å²) in [5, 5.41) is 0. The first-order chi connectivity index (χ1) is 10.9. The molecule has 0 saturated carbocycles. The Labute approximate surface area is 208 Å². The second-order valence-corrected chi connectivity index (χ2v) is 11.4. The number of anilines is 2. The summed E-state index contributed by atoms with van der Waals surface area (Å²) in [6.45, 7) is 0. The van der Waals surface area contributed by atoms with Gasteiger partial charge in [-0.25, -0.2) is 16.8 Å². The first-order valence-electron chi connectivity index (χ1n) is 5.98. The van der Waals surface area contributed by atoms with Crippen LogP contribution in [0.25, 0.3) is 4.13 Å². The average Bonchev–Trinajstić information content (AvgIpc) is 2.45. The maximum absolute atomic E-state index is 12.4. The Morgan fingerprint density at radius 3 is 1.68 bits per heavy atom. The molecule has 0 spiro atoms. The number of nitrogens with zero attached hydrogens (tertiary/aromatic N) is 1. The molecule has 130 valence electrons. The molecule has 7 nitrogen and oxygen atoms in total. The number of hydrogen-bond donors (Lipinski definition) is 2. The molecule has 0 heterocycles. The smallest absolute Gasteiger partial charge is 0.428 e. The minimum absolute atomic E-state index is 0. The van der Waals surface area contributed by atoms with E-state index in [1.54, 1.807) is 0 Å². The van der Waals surface area contributed by atoms with Crippen molar-refractivity contribution in [1.29, 1.82) is 0 Å². The fraction of sp³-hybridized carbons (Fsp3) is 0. The SMILES string of the molecule is Nc1ccc(S(=O)(=O)[N-]S(=O)(=O)c2cc(I)c(N)c(I)c2)cc1I.[Na+]. The molecule has 4 N–H and O–H groups in total. The van der Waals surface area contributed by atoms with Crippen molar-refractivity contribution in [2.24, 2.45) is 0 Å². The first-order valence-corrected chi connectivity index (χ1v) is 12.1. The summed E-state index contributed by atoms with van der Waals surface area (Å²) >= 11 is 5.60. The minimum atomic E-state index is -4.41. The zero-order chi connectivity index (χ0) is 18.3. The quantitative estimate of drug-likeness (QED) is 0.262. The molecule has 0 aromatic heterocycles. The van der Waals surface area contributed by atoms with E-state index in [9.17, 15) is 16.8 Å². The molecular formula is C12H9I3N3NaO4S2. The van der Waals surface area contributed by atoms with Crippen molar-refractivity contribution in [3.05, 3.63) is 45.2 Å². The van der Waals surface area contributed by atoms with E-state index in [1.807, 2.05) is 67.8 Å². The number of benzene rings is 2. The summed E-state index contributed by atoms with van der Waals surface area (Å²) in [6.07, 6.45) is 0. The summed E-state index contributed by atoms with van der Waals surface area (Å²) in [5.41, 5.74) is 12.2. The number of sulfonamides is 2. The molecule has 2 aromatic carbocycles. The molecule has 0 radical (unpaired) electrons. The van der Waals surface area contributed by atoms with Crippen LogP contribution in [0, 0.1) is 10.7 Å². The summed E-state index contributed by atoms with van der Waals surface area (Å²) in [6, 6.07) is 6.41. The van der Waals surface area contributed by atoms with Gasteiger partial charge in [0, 0.05) is 16.4 Å². The van der Waals surface area contributed by atoms with Crippen molar-refractivity contribution >= 4 is 99.2 Å². The monoisotopic (exact) mass is 727 g/mol. The predicted molar refractivity (Wildman–Crippen MR) is 118 cm³/mol. The first kappa shape index (κ1) is 24.1. The second-order valence-electron chi connectivity index (χ2n) is 4.51. The van der Waals surface area contributed by atoms with Gasteiger partial charge in [-0.2, -0.15) is 0 Å². The van der Waals surface area contributed by atoms with E-state index < -0.39 is 20.0 Å². The number of hydrogen-bond acceptors (Lipinski definition) is 6. The van der Waals surface area contributed by atoms with E-state index in [0.717, 1.165) is 0 Å². The van der Waals surface area contributed by atoms with Gasteiger partial charge in [-0.05, 0) is 98.1 Å². The van der Waals surface area contributed by atoms with Gasteiger partial charge in [-0.1, -0.05) is 0 Å². The maximum atomic E-state index is 12.4. The van der Waals surface area contributed by atoms with Crippen LogP contribution in [0.4, 0.5) is 11.4 Å². The van der Waals surface area contributed by atoms with Crippen LogP contribution in [0.15, 0.2) is 40.1 Å².